The van der Waals surface area contributed by atoms with E-state index in [9.17, 15) is 20.0 Å². The molecule has 3 N–H and O–H groups in total. The number of nitro groups is 1. The number of rotatable bonds is 7. The van der Waals surface area contributed by atoms with Crippen LogP contribution >= 0.6 is 0 Å². The van der Waals surface area contributed by atoms with Crippen molar-refractivity contribution >= 4 is 17.3 Å². The van der Waals surface area contributed by atoms with Crippen LogP contribution in [0.3, 0.4) is 0 Å². The Morgan fingerprint density at radius 3 is 2.75 bits per heavy atom. The lowest BCUT2D eigenvalue weighted by molar-refractivity contribution is -0.384. The summed E-state index contributed by atoms with van der Waals surface area (Å²) in [6, 6.07) is 4.14. The first kappa shape index (κ1) is 15.9. The highest BCUT2D eigenvalue weighted by atomic mass is 16.6. The molecule has 1 amide bonds. The molecule has 0 saturated heterocycles. The number of amides is 1. The van der Waals surface area contributed by atoms with E-state index >= 15 is 0 Å². The summed E-state index contributed by atoms with van der Waals surface area (Å²) in [4.78, 5) is 22.0. The number of anilines is 1. The second-order valence-corrected chi connectivity index (χ2v) is 4.35. The van der Waals surface area contributed by atoms with Crippen molar-refractivity contribution in [1.29, 1.82) is 0 Å². The van der Waals surface area contributed by atoms with Crippen LogP contribution in [0.15, 0.2) is 18.2 Å². The molecule has 0 heterocycles. The van der Waals surface area contributed by atoms with Crippen LogP contribution in [0, 0.1) is 10.1 Å². The van der Waals surface area contributed by atoms with E-state index in [2.05, 4.69) is 10.6 Å². The third kappa shape index (κ3) is 4.20. The van der Waals surface area contributed by atoms with Crippen LogP contribution in [-0.2, 0) is 0 Å². The number of aliphatic hydroxyl groups excluding tert-OH is 1. The van der Waals surface area contributed by atoms with E-state index in [0.29, 0.717) is 24.9 Å². The van der Waals surface area contributed by atoms with E-state index in [1.807, 2.05) is 6.92 Å². The summed E-state index contributed by atoms with van der Waals surface area (Å²) in [5.41, 5.74) is 0.527. The molecule has 0 saturated carbocycles. The molecule has 1 atom stereocenters. The highest BCUT2D eigenvalue weighted by molar-refractivity contribution is 5.95. The molecule has 7 nitrogen and oxygen atoms in total. The number of benzene rings is 1. The van der Waals surface area contributed by atoms with Crippen molar-refractivity contribution in [1.82, 2.24) is 5.32 Å². The van der Waals surface area contributed by atoms with Crippen molar-refractivity contribution in [3.8, 4) is 0 Å². The maximum Gasteiger partial charge on any atom is 0.292 e. The molecule has 1 rings (SSSR count). The average molecular weight is 281 g/mol. The van der Waals surface area contributed by atoms with Gasteiger partial charge in [0.15, 0.2) is 0 Å². The predicted molar refractivity (Wildman–Crippen MR) is 75.9 cm³/mol. The first-order valence-electron chi connectivity index (χ1n) is 6.42. The van der Waals surface area contributed by atoms with Crippen molar-refractivity contribution < 1.29 is 14.8 Å². The van der Waals surface area contributed by atoms with Crippen molar-refractivity contribution in [3.63, 3.8) is 0 Å². The van der Waals surface area contributed by atoms with Crippen LogP contribution < -0.4 is 10.6 Å². The molecule has 0 aromatic heterocycles. The monoisotopic (exact) mass is 281 g/mol. The van der Waals surface area contributed by atoms with Gasteiger partial charge in [-0.2, -0.15) is 0 Å². The number of aliphatic hydroxyl groups is 1. The molecule has 0 aliphatic carbocycles. The van der Waals surface area contributed by atoms with Gasteiger partial charge in [-0.05, 0) is 25.0 Å². The van der Waals surface area contributed by atoms with Gasteiger partial charge < -0.3 is 15.7 Å². The van der Waals surface area contributed by atoms with E-state index in [-0.39, 0.29) is 17.3 Å². The Balaban J connectivity index is 2.89. The van der Waals surface area contributed by atoms with Gasteiger partial charge in [0.2, 0.25) is 0 Å². The van der Waals surface area contributed by atoms with Crippen molar-refractivity contribution in [2.24, 2.45) is 0 Å². The molecule has 1 aromatic rings. The van der Waals surface area contributed by atoms with Crippen LogP contribution in [0.1, 0.15) is 30.1 Å². The average Bonchev–Trinajstić information content (AvgIpc) is 2.45. The molecule has 0 radical (unpaired) electrons. The fraction of sp³-hybridized carbons (Fsp3) is 0.462. The van der Waals surface area contributed by atoms with Crippen molar-refractivity contribution in [3.05, 3.63) is 33.9 Å². The number of carbonyl (C=O) groups excluding carboxylic acids is 1. The maximum atomic E-state index is 11.5. The van der Waals surface area contributed by atoms with Gasteiger partial charge in [-0.1, -0.05) is 6.92 Å². The van der Waals surface area contributed by atoms with Crippen LogP contribution in [0.4, 0.5) is 11.4 Å². The lowest BCUT2D eigenvalue weighted by Crippen LogP contribution is -2.18. The highest BCUT2D eigenvalue weighted by Gasteiger charge is 2.16. The summed E-state index contributed by atoms with van der Waals surface area (Å²) in [5.74, 6) is -0.309. The molecule has 7 heteroatoms. The molecule has 110 valence electrons. The smallest absolute Gasteiger partial charge is 0.292 e. The van der Waals surface area contributed by atoms with Gasteiger partial charge >= 0.3 is 0 Å². The SMILES string of the molecule is CCC(O)CCNc1cc(C(=O)NC)ccc1[N+](=O)[O-]. The molecule has 0 fully saturated rings. The van der Waals surface area contributed by atoms with E-state index in [1.54, 1.807) is 0 Å². The Kier molecular flexibility index (Phi) is 5.92. The molecular formula is C13H19N3O4. The lowest BCUT2D eigenvalue weighted by Gasteiger charge is -2.11. The Morgan fingerprint density at radius 2 is 2.20 bits per heavy atom. The normalized spacial score (nSPS) is 11.8. The Bertz CT molecular complexity index is 491. The third-order valence-corrected chi connectivity index (χ3v) is 2.95. The minimum absolute atomic E-state index is 0.0939. The third-order valence-electron chi connectivity index (χ3n) is 2.95. The Morgan fingerprint density at radius 1 is 1.50 bits per heavy atom. The van der Waals surface area contributed by atoms with Crippen LogP contribution in [0.2, 0.25) is 0 Å². The van der Waals surface area contributed by atoms with E-state index in [0.717, 1.165) is 0 Å². The van der Waals surface area contributed by atoms with Gasteiger partial charge in [0.05, 0.1) is 11.0 Å². The zero-order valence-electron chi connectivity index (χ0n) is 11.5. The summed E-state index contributed by atoms with van der Waals surface area (Å²) < 4.78 is 0. The largest absolute Gasteiger partial charge is 0.393 e. The van der Waals surface area contributed by atoms with E-state index in [1.165, 1.54) is 25.2 Å². The van der Waals surface area contributed by atoms with Gasteiger partial charge in [-0.3, -0.25) is 14.9 Å². The fourth-order valence-corrected chi connectivity index (χ4v) is 1.70. The number of nitrogens with zero attached hydrogens (tertiary/aromatic N) is 1. The summed E-state index contributed by atoms with van der Waals surface area (Å²) in [6.45, 7) is 2.26. The topological polar surface area (TPSA) is 104 Å². The molecule has 0 bridgehead atoms. The maximum absolute atomic E-state index is 11.5. The van der Waals surface area contributed by atoms with Gasteiger partial charge in [0, 0.05) is 25.2 Å². The Hall–Kier alpha value is -2.15. The molecule has 0 aliphatic heterocycles. The fourth-order valence-electron chi connectivity index (χ4n) is 1.70. The molecule has 20 heavy (non-hydrogen) atoms. The van der Waals surface area contributed by atoms with E-state index in [4.69, 9.17) is 0 Å². The van der Waals surface area contributed by atoms with Crippen molar-refractivity contribution in [2.75, 3.05) is 18.9 Å². The molecule has 0 aliphatic rings. The summed E-state index contributed by atoms with van der Waals surface area (Å²) in [5, 5.41) is 25.8. The number of hydrogen-bond donors (Lipinski definition) is 3. The van der Waals surface area contributed by atoms with Gasteiger partial charge in [-0.15, -0.1) is 0 Å². The molecule has 1 unspecified atom stereocenters. The Labute approximate surface area is 117 Å². The summed E-state index contributed by atoms with van der Waals surface area (Å²) in [6.07, 6.45) is 0.670. The summed E-state index contributed by atoms with van der Waals surface area (Å²) in [7, 11) is 1.49. The number of nitrogens with one attached hydrogen (secondary N) is 2. The second-order valence-electron chi connectivity index (χ2n) is 4.35. The first-order chi connectivity index (χ1) is 9.49. The standard InChI is InChI=1S/C13H19N3O4/c1-3-10(17)6-7-15-11-8-9(13(18)14-2)4-5-12(11)16(19)20/h4-5,8,10,15,17H,3,6-7H2,1-2H3,(H,14,18). The van der Waals surface area contributed by atoms with E-state index < -0.39 is 11.0 Å². The number of nitro benzene ring substituents is 1. The predicted octanol–water partition coefficient (Wildman–Crippen LogP) is 1.53. The number of hydrogen-bond acceptors (Lipinski definition) is 5. The first-order valence-corrected chi connectivity index (χ1v) is 6.42. The second kappa shape index (κ2) is 7.44. The van der Waals surface area contributed by atoms with Crippen LogP contribution in [-0.4, -0.2) is 35.6 Å². The van der Waals surface area contributed by atoms with Gasteiger partial charge in [0.25, 0.3) is 11.6 Å². The van der Waals surface area contributed by atoms with Gasteiger partial charge in [-0.25, -0.2) is 0 Å². The van der Waals surface area contributed by atoms with Gasteiger partial charge in [0.1, 0.15) is 5.69 Å². The summed E-state index contributed by atoms with van der Waals surface area (Å²) >= 11 is 0. The molecular weight excluding hydrogens is 262 g/mol. The quantitative estimate of drug-likeness (QED) is 0.519. The zero-order valence-corrected chi connectivity index (χ0v) is 11.5. The molecule has 1 aromatic carbocycles. The highest BCUT2D eigenvalue weighted by Crippen LogP contribution is 2.25. The van der Waals surface area contributed by atoms with Crippen molar-refractivity contribution in [2.45, 2.75) is 25.9 Å². The minimum Gasteiger partial charge on any atom is -0.393 e. The van der Waals surface area contributed by atoms with Crippen LogP contribution in [0.5, 0.6) is 0 Å². The van der Waals surface area contributed by atoms with Crippen LogP contribution in [0.25, 0.3) is 0 Å². The number of carbonyl (C=O) groups is 1. The minimum atomic E-state index is -0.508. The zero-order chi connectivity index (χ0) is 15.1. The molecule has 0 spiro atoms. The lowest BCUT2D eigenvalue weighted by atomic mass is 10.1.